The Labute approximate surface area is 191 Å². The summed E-state index contributed by atoms with van der Waals surface area (Å²) in [4.78, 5) is 0. The van der Waals surface area contributed by atoms with E-state index in [1.807, 2.05) is 90.4 Å². The summed E-state index contributed by atoms with van der Waals surface area (Å²) in [5, 5.41) is 10.5. The Morgan fingerprint density at radius 1 is 0.935 bits per heavy atom. The van der Waals surface area contributed by atoms with Crippen molar-refractivity contribution in [2.75, 3.05) is 7.11 Å². The highest BCUT2D eigenvalue weighted by molar-refractivity contribution is 7.98. The Bertz CT molecular complexity index is 1130. The molecule has 0 fully saturated rings. The Morgan fingerprint density at radius 3 is 2.42 bits per heavy atom. The first-order valence-corrected chi connectivity index (χ1v) is 11.2. The standard InChI is InChI=1S/C24H22ClN3O2S/c1-17(30-22-10-6-9-21(15-22)29-2)23-26-27-24(28(23)20-7-4-3-5-8-20)31-16-18-11-13-19(25)14-12-18/h3-15,17H,16H2,1-2H3. The van der Waals surface area contributed by atoms with Crippen molar-refractivity contribution in [2.24, 2.45) is 0 Å². The monoisotopic (exact) mass is 451 g/mol. The lowest BCUT2D eigenvalue weighted by Gasteiger charge is -2.17. The molecule has 3 aromatic carbocycles. The fraction of sp³-hybridized carbons (Fsp3) is 0.167. The molecule has 4 rings (SSSR count). The maximum Gasteiger partial charge on any atom is 0.196 e. The molecule has 1 atom stereocenters. The van der Waals surface area contributed by atoms with Crippen molar-refractivity contribution in [2.45, 2.75) is 23.9 Å². The third kappa shape index (κ3) is 5.21. The molecule has 0 aliphatic rings. The number of benzene rings is 3. The zero-order valence-electron chi connectivity index (χ0n) is 17.2. The quantitative estimate of drug-likeness (QED) is 0.291. The number of methoxy groups -OCH3 is 1. The second-order valence-electron chi connectivity index (χ2n) is 6.87. The second-order valence-corrected chi connectivity index (χ2v) is 8.24. The summed E-state index contributed by atoms with van der Waals surface area (Å²) in [6.07, 6.45) is -0.315. The molecule has 1 unspecified atom stereocenters. The highest BCUT2D eigenvalue weighted by atomic mass is 35.5. The van der Waals surface area contributed by atoms with Crippen LogP contribution in [0.2, 0.25) is 5.02 Å². The summed E-state index contributed by atoms with van der Waals surface area (Å²) in [5.74, 6) is 2.94. The van der Waals surface area contributed by atoms with E-state index in [1.165, 1.54) is 5.56 Å². The van der Waals surface area contributed by atoms with Crippen LogP contribution in [-0.2, 0) is 5.75 Å². The summed E-state index contributed by atoms with van der Waals surface area (Å²) in [7, 11) is 1.64. The molecule has 0 amide bonds. The van der Waals surface area contributed by atoms with Crippen molar-refractivity contribution in [3.8, 4) is 17.2 Å². The summed E-state index contributed by atoms with van der Waals surface area (Å²) in [5.41, 5.74) is 2.15. The normalized spacial score (nSPS) is 11.8. The number of hydrogen-bond acceptors (Lipinski definition) is 5. The summed E-state index contributed by atoms with van der Waals surface area (Å²) in [6, 6.07) is 25.5. The minimum Gasteiger partial charge on any atom is -0.497 e. The molecule has 4 aromatic rings. The van der Waals surface area contributed by atoms with Gasteiger partial charge in [-0.15, -0.1) is 10.2 Å². The van der Waals surface area contributed by atoms with E-state index in [-0.39, 0.29) is 6.10 Å². The van der Waals surface area contributed by atoms with Gasteiger partial charge in [0, 0.05) is 22.5 Å². The van der Waals surface area contributed by atoms with Crippen molar-refractivity contribution < 1.29 is 9.47 Å². The molecule has 1 heterocycles. The van der Waals surface area contributed by atoms with Crippen LogP contribution in [0.1, 0.15) is 24.4 Å². The Hall–Kier alpha value is -2.96. The number of halogens is 1. The number of nitrogens with zero attached hydrogens (tertiary/aromatic N) is 3. The largest absolute Gasteiger partial charge is 0.497 e. The van der Waals surface area contributed by atoms with Crippen molar-refractivity contribution in [3.63, 3.8) is 0 Å². The van der Waals surface area contributed by atoms with Gasteiger partial charge in [-0.2, -0.15) is 0 Å². The maximum atomic E-state index is 6.17. The topological polar surface area (TPSA) is 49.2 Å². The van der Waals surface area contributed by atoms with Crippen LogP contribution in [0.4, 0.5) is 0 Å². The first-order chi connectivity index (χ1) is 15.1. The highest BCUT2D eigenvalue weighted by Gasteiger charge is 2.21. The average molecular weight is 452 g/mol. The van der Waals surface area contributed by atoms with E-state index >= 15 is 0 Å². The highest BCUT2D eigenvalue weighted by Crippen LogP contribution is 2.30. The molecule has 0 aliphatic heterocycles. The van der Waals surface area contributed by atoms with Crippen LogP contribution in [0.5, 0.6) is 11.5 Å². The van der Waals surface area contributed by atoms with E-state index in [9.17, 15) is 0 Å². The molecule has 5 nitrogen and oxygen atoms in total. The molecule has 31 heavy (non-hydrogen) atoms. The third-order valence-electron chi connectivity index (χ3n) is 4.67. The van der Waals surface area contributed by atoms with Gasteiger partial charge in [-0.3, -0.25) is 4.57 Å². The van der Waals surface area contributed by atoms with Crippen molar-refractivity contribution in [1.82, 2.24) is 14.8 Å². The number of rotatable bonds is 8. The molecule has 7 heteroatoms. The Kier molecular flexibility index (Phi) is 6.79. The maximum absolute atomic E-state index is 6.17. The molecular formula is C24H22ClN3O2S. The van der Waals surface area contributed by atoms with Crippen LogP contribution in [0, 0.1) is 0 Å². The molecule has 0 bridgehead atoms. The van der Waals surface area contributed by atoms with Gasteiger partial charge in [0.1, 0.15) is 11.5 Å². The van der Waals surface area contributed by atoms with Gasteiger partial charge in [0.15, 0.2) is 17.1 Å². The van der Waals surface area contributed by atoms with E-state index in [2.05, 4.69) is 10.2 Å². The smallest absolute Gasteiger partial charge is 0.196 e. The fourth-order valence-corrected chi connectivity index (χ4v) is 4.16. The van der Waals surface area contributed by atoms with E-state index in [0.717, 1.165) is 33.2 Å². The van der Waals surface area contributed by atoms with Gasteiger partial charge in [-0.1, -0.05) is 59.8 Å². The molecule has 0 spiro atoms. The van der Waals surface area contributed by atoms with Crippen molar-refractivity contribution in [3.05, 3.63) is 95.3 Å². The summed E-state index contributed by atoms with van der Waals surface area (Å²) < 4.78 is 13.5. The second kappa shape index (κ2) is 9.90. The summed E-state index contributed by atoms with van der Waals surface area (Å²) >= 11 is 7.62. The van der Waals surface area contributed by atoms with Crippen LogP contribution in [0.15, 0.2) is 84.0 Å². The van der Waals surface area contributed by atoms with Crippen LogP contribution >= 0.6 is 23.4 Å². The lowest BCUT2D eigenvalue weighted by atomic mass is 10.2. The number of aromatic nitrogens is 3. The van der Waals surface area contributed by atoms with Gasteiger partial charge >= 0.3 is 0 Å². The minimum absolute atomic E-state index is 0.315. The molecule has 0 saturated heterocycles. The van der Waals surface area contributed by atoms with Gasteiger partial charge in [0.25, 0.3) is 0 Å². The number of para-hydroxylation sites is 1. The lowest BCUT2D eigenvalue weighted by Crippen LogP contribution is -2.11. The van der Waals surface area contributed by atoms with Crippen LogP contribution in [0.25, 0.3) is 5.69 Å². The predicted molar refractivity (Wildman–Crippen MR) is 124 cm³/mol. The zero-order chi connectivity index (χ0) is 21.6. The molecule has 158 valence electrons. The average Bonchev–Trinajstić information content (AvgIpc) is 3.23. The van der Waals surface area contributed by atoms with Gasteiger partial charge in [-0.05, 0) is 48.9 Å². The number of hydrogen-bond donors (Lipinski definition) is 0. The Morgan fingerprint density at radius 2 is 1.68 bits per heavy atom. The molecule has 0 radical (unpaired) electrons. The van der Waals surface area contributed by atoms with Crippen molar-refractivity contribution in [1.29, 1.82) is 0 Å². The molecule has 0 N–H and O–H groups in total. The number of ether oxygens (including phenoxy) is 2. The molecule has 0 aliphatic carbocycles. The molecular weight excluding hydrogens is 430 g/mol. The van der Waals surface area contributed by atoms with Gasteiger partial charge in [0.2, 0.25) is 0 Å². The summed E-state index contributed by atoms with van der Waals surface area (Å²) in [6.45, 7) is 1.97. The van der Waals surface area contributed by atoms with E-state index in [1.54, 1.807) is 18.9 Å². The first-order valence-electron chi connectivity index (χ1n) is 9.83. The van der Waals surface area contributed by atoms with Gasteiger partial charge in [-0.25, -0.2) is 0 Å². The SMILES string of the molecule is COc1cccc(OC(C)c2nnc(SCc3ccc(Cl)cc3)n2-c2ccccc2)c1. The van der Waals surface area contributed by atoms with Crippen molar-refractivity contribution >= 4 is 23.4 Å². The fourth-order valence-electron chi connectivity index (χ4n) is 3.12. The van der Waals surface area contributed by atoms with Gasteiger partial charge in [0.05, 0.1) is 7.11 Å². The first kappa shape index (κ1) is 21.3. The number of thioether (sulfide) groups is 1. The third-order valence-corrected chi connectivity index (χ3v) is 5.92. The predicted octanol–water partition coefficient (Wildman–Crippen LogP) is 6.36. The van der Waals surface area contributed by atoms with Crippen LogP contribution in [0.3, 0.4) is 0 Å². The van der Waals surface area contributed by atoms with E-state index in [0.29, 0.717) is 5.75 Å². The van der Waals surface area contributed by atoms with E-state index < -0.39 is 0 Å². The van der Waals surface area contributed by atoms with E-state index in [4.69, 9.17) is 21.1 Å². The minimum atomic E-state index is -0.315. The molecule has 0 saturated carbocycles. The van der Waals surface area contributed by atoms with Crippen LogP contribution in [-0.4, -0.2) is 21.9 Å². The lowest BCUT2D eigenvalue weighted by molar-refractivity contribution is 0.212. The Balaban J connectivity index is 1.61. The van der Waals surface area contributed by atoms with Gasteiger partial charge < -0.3 is 9.47 Å². The molecule has 1 aromatic heterocycles. The van der Waals surface area contributed by atoms with Crippen LogP contribution < -0.4 is 9.47 Å². The zero-order valence-corrected chi connectivity index (χ0v) is 18.8.